The number of nitrogens with one attached hydrogen (secondary N) is 2. The number of sulfonamides is 1. The fourth-order valence-corrected chi connectivity index (χ4v) is 5.49. The first kappa shape index (κ1) is 27.9. The number of unbranched alkanes of at least 4 members (excludes halogenated alkanes) is 1. The molecule has 1 amide bonds. The van der Waals surface area contributed by atoms with Gasteiger partial charge < -0.3 is 10.4 Å². The van der Waals surface area contributed by atoms with Gasteiger partial charge in [-0.2, -0.15) is 4.72 Å². The third-order valence-electron chi connectivity index (χ3n) is 5.20. The van der Waals surface area contributed by atoms with Crippen LogP contribution >= 0.6 is 27.7 Å². The number of benzene rings is 2. The van der Waals surface area contributed by atoms with Crippen LogP contribution in [0.25, 0.3) is 11.1 Å². The number of hydrogen-bond acceptors (Lipinski definition) is 6. The first-order valence-corrected chi connectivity index (χ1v) is 14.4. The smallest absolute Gasteiger partial charge is 0.321 e. The molecule has 0 spiro atoms. The summed E-state index contributed by atoms with van der Waals surface area (Å²) in [5.74, 6) is -1.11. The molecule has 36 heavy (non-hydrogen) atoms. The topological polar surface area (TPSA) is 125 Å². The van der Waals surface area contributed by atoms with Crippen molar-refractivity contribution in [1.82, 2.24) is 15.0 Å². The minimum atomic E-state index is -4.02. The van der Waals surface area contributed by atoms with Gasteiger partial charge in [0.15, 0.2) is 0 Å². The second-order valence-electron chi connectivity index (χ2n) is 7.86. The van der Waals surface area contributed by atoms with Crippen LogP contribution in [0.4, 0.5) is 0 Å². The summed E-state index contributed by atoms with van der Waals surface area (Å²) in [6, 6.07) is 16.3. The molecule has 0 saturated carbocycles. The molecule has 0 radical (unpaired) electrons. The van der Waals surface area contributed by atoms with Crippen molar-refractivity contribution in [2.24, 2.45) is 0 Å². The van der Waals surface area contributed by atoms with E-state index in [4.69, 9.17) is 0 Å². The molecule has 3 N–H and O–H groups in total. The maximum atomic E-state index is 12.8. The molecule has 1 heterocycles. The Hall–Kier alpha value is -2.73. The molecule has 0 aliphatic heterocycles. The lowest BCUT2D eigenvalue weighted by Gasteiger charge is -2.15. The van der Waals surface area contributed by atoms with Gasteiger partial charge in [-0.1, -0.05) is 40.2 Å². The summed E-state index contributed by atoms with van der Waals surface area (Å²) in [7, 11) is -4.02. The van der Waals surface area contributed by atoms with E-state index in [0.717, 1.165) is 20.5 Å². The fourth-order valence-electron chi connectivity index (χ4n) is 3.29. The number of nitrogens with zero attached hydrogens (tertiary/aromatic N) is 1. The number of carboxylic acids is 1. The number of carboxylic acid groups (broad SMARTS) is 1. The van der Waals surface area contributed by atoms with Gasteiger partial charge in [0.2, 0.25) is 15.9 Å². The Bertz CT molecular complexity index is 1260. The molecule has 1 unspecified atom stereocenters. The lowest BCUT2D eigenvalue weighted by atomic mass is 10.1. The van der Waals surface area contributed by atoms with E-state index in [9.17, 15) is 23.1 Å². The standard InChI is InChI=1S/C25H26BrN3O5S2/c26-20-8-4-18(5-9-20)19-6-10-22(11-7-19)36(33,34)29-23(25(31)32)3-1-2-14-28-24(30)17-35-21-12-15-27-16-13-21/h4-13,15-16,23,29H,1-3,14,17H2,(H,28,30)(H,31,32). The van der Waals surface area contributed by atoms with Crippen LogP contribution in [-0.4, -0.2) is 48.7 Å². The average Bonchev–Trinajstić information content (AvgIpc) is 2.87. The van der Waals surface area contributed by atoms with Crippen LogP contribution in [0, 0.1) is 0 Å². The lowest BCUT2D eigenvalue weighted by molar-refractivity contribution is -0.139. The van der Waals surface area contributed by atoms with Crippen molar-refractivity contribution in [2.45, 2.75) is 35.1 Å². The Morgan fingerprint density at radius 1 is 0.944 bits per heavy atom. The van der Waals surface area contributed by atoms with E-state index in [1.54, 1.807) is 24.5 Å². The van der Waals surface area contributed by atoms with Crippen LogP contribution in [0.15, 0.2) is 87.3 Å². The molecule has 0 bridgehead atoms. The molecule has 2 aromatic carbocycles. The SMILES string of the molecule is O=C(CSc1ccncc1)NCCCCC(NS(=O)(=O)c1ccc(-c2ccc(Br)cc2)cc1)C(=O)O. The minimum absolute atomic E-state index is 0.00595. The molecular formula is C25H26BrN3O5S2. The zero-order chi connectivity index (χ0) is 26.0. The minimum Gasteiger partial charge on any atom is -0.480 e. The summed E-state index contributed by atoms with van der Waals surface area (Å²) in [6.07, 6.45) is 4.38. The fraction of sp³-hybridized carbons (Fsp3) is 0.240. The van der Waals surface area contributed by atoms with E-state index in [2.05, 4.69) is 31.0 Å². The molecular weight excluding hydrogens is 566 g/mol. The molecule has 1 atom stereocenters. The van der Waals surface area contributed by atoms with Crippen LogP contribution in [0.5, 0.6) is 0 Å². The Balaban J connectivity index is 1.45. The second kappa shape index (κ2) is 13.5. The zero-order valence-electron chi connectivity index (χ0n) is 19.3. The quantitative estimate of drug-likeness (QED) is 0.199. The van der Waals surface area contributed by atoms with Crippen LogP contribution in [-0.2, 0) is 19.6 Å². The molecule has 1 aromatic heterocycles. The number of thioether (sulfide) groups is 1. The Labute approximate surface area is 223 Å². The van der Waals surface area contributed by atoms with Crippen molar-refractivity contribution in [1.29, 1.82) is 0 Å². The molecule has 3 rings (SSSR count). The van der Waals surface area contributed by atoms with Crippen molar-refractivity contribution in [3.8, 4) is 11.1 Å². The second-order valence-corrected chi connectivity index (χ2v) is 11.5. The van der Waals surface area contributed by atoms with Crippen molar-refractivity contribution < 1.29 is 23.1 Å². The third-order valence-corrected chi connectivity index (χ3v) is 8.23. The van der Waals surface area contributed by atoms with Gasteiger partial charge in [-0.05, 0) is 66.8 Å². The number of carbonyl (C=O) groups excluding carboxylic acids is 1. The van der Waals surface area contributed by atoms with E-state index < -0.39 is 22.0 Å². The highest BCUT2D eigenvalue weighted by Crippen LogP contribution is 2.23. The van der Waals surface area contributed by atoms with Crippen molar-refractivity contribution in [2.75, 3.05) is 12.3 Å². The predicted molar refractivity (Wildman–Crippen MR) is 143 cm³/mol. The van der Waals surface area contributed by atoms with Crippen molar-refractivity contribution in [3.63, 3.8) is 0 Å². The van der Waals surface area contributed by atoms with Crippen LogP contribution in [0.3, 0.4) is 0 Å². The van der Waals surface area contributed by atoms with Gasteiger partial charge in [-0.15, -0.1) is 11.8 Å². The largest absolute Gasteiger partial charge is 0.480 e. The molecule has 0 aliphatic carbocycles. The number of aromatic nitrogens is 1. The third kappa shape index (κ3) is 8.74. The average molecular weight is 593 g/mol. The molecule has 8 nitrogen and oxygen atoms in total. The van der Waals surface area contributed by atoms with Gasteiger partial charge in [0, 0.05) is 28.3 Å². The van der Waals surface area contributed by atoms with E-state index in [1.165, 1.54) is 23.9 Å². The maximum Gasteiger partial charge on any atom is 0.321 e. The first-order chi connectivity index (χ1) is 17.2. The first-order valence-electron chi connectivity index (χ1n) is 11.2. The zero-order valence-corrected chi connectivity index (χ0v) is 22.5. The van der Waals surface area contributed by atoms with Crippen LogP contribution in [0.2, 0.25) is 0 Å². The van der Waals surface area contributed by atoms with Crippen LogP contribution in [0.1, 0.15) is 19.3 Å². The predicted octanol–water partition coefficient (Wildman–Crippen LogP) is 4.32. The number of halogens is 1. The summed E-state index contributed by atoms with van der Waals surface area (Å²) in [6.45, 7) is 0.381. The van der Waals surface area contributed by atoms with Gasteiger partial charge in [-0.25, -0.2) is 8.42 Å². The molecule has 0 fully saturated rings. The van der Waals surface area contributed by atoms with Crippen molar-refractivity contribution >= 4 is 49.6 Å². The van der Waals surface area contributed by atoms with E-state index in [1.807, 2.05) is 36.4 Å². The van der Waals surface area contributed by atoms with E-state index in [-0.39, 0.29) is 23.0 Å². The number of rotatable bonds is 13. The summed E-state index contributed by atoms with van der Waals surface area (Å²) in [5.41, 5.74) is 1.78. The number of pyridine rings is 1. The van der Waals surface area contributed by atoms with Crippen molar-refractivity contribution in [3.05, 3.63) is 77.5 Å². The summed E-state index contributed by atoms with van der Waals surface area (Å²) in [4.78, 5) is 28.5. The highest BCUT2D eigenvalue weighted by Gasteiger charge is 2.25. The van der Waals surface area contributed by atoms with Gasteiger partial charge in [0.1, 0.15) is 6.04 Å². The Morgan fingerprint density at radius 3 is 2.17 bits per heavy atom. The van der Waals surface area contributed by atoms with Gasteiger partial charge >= 0.3 is 5.97 Å². The molecule has 0 aliphatic rings. The van der Waals surface area contributed by atoms with E-state index in [0.29, 0.717) is 19.4 Å². The molecule has 190 valence electrons. The number of carbonyl (C=O) groups is 2. The van der Waals surface area contributed by atoms with Crippen LogP contribution < -0.4 is 10.0 Å². The normalized spacial score (nSPS) is 12.1. The molecule has 3 aromatic rings. The monoisotopic (exact) mass is 591 g/mol. The van der Waals surface area contributed by atoms with Gasteiger partial charge in [0.05, 0.1) is 10.6 Å². The van der Waals surface area contributed by atoms with Gasteiger partial charge in [-0.3, -0.25) is 14.6 Å². The molecule has 0 saturated heterocycles. The lowest BCUT2D eigenvalue weighted by Crippen LogP contribution is -2.40. The van der Waals surface area contributed by atoms with Gasteiger partial charge in [0.25, 0.3) is 0 Å². The van der Waals surface area contributed by atoms with E-state index >= 15 is 0 Å². The number of hydrogen-bond donors (Lipinski definition) is 3. The maximum absolute atomic E-state index is 12.8. The number of amides is 1. The Morgan fingerprint density at radius 2 is 1.56 bits per heavy atom. The Kier molecular flexibility index (Phi) is 10.5. The summed E-state index contributed by atoms with van der Waals surface area (Å²) in [5, 5.41) is 12.3. The molecule has 11 heteroatoms. The number of aliphatic carboxylic acids is 1. The summed E-state index contributed by atoms with van der Waals surface area (Å²) >= 11 is 4.78. The summed E-state index contributed by atoms with van der Waals surface area (Å²) < 4.78 is 28.8. The highest BCUT2D eigenvalue weighted by atomic mass is 79.9. The highest BCUT2D eigenvalue weighted by molar-refractivity contribution is 9.10.